The fraction of sp³-hybridized carbons (Fsp3) is 0.571. The molecule has 2 N–H and O–H groups in total. The van der Waals surface area contributed by atoms with Crippen LogP contribution in [0.4, 0.5) is 5.82 Å². The average Bonchev–Trinajstić information content (AvgIpc) is 2.57. The Hall–Kier alpha value is -1.60. The minimum absolute atomic E-state index is 0.101. The van der Waals surface area contributed by atoms with E-state index >= 15 is 0 Å². The predicted molar refractivity (Wildman–Crippen MR) is 80.8 cm³/mol. The number of rotatable bonds is 4. The van der Waals surface area contributed by atoms with E-state index in [2.05, 4.69) is 10.3 Å². The van der Waals surface area contributed by atoms with Crippen LogP contribution in [0.1, 0.15) is 33.3 Å². The fourth-order valence-electron chi connectivity index (χ4n) is 2.16. The van der Waals surface area contributed by atoms with Gasteiger partial charge in [0.15, 0.2) is 0 Å². The summed E-state index contributed by atoms with van der Waals surface area (Å²) in [4.78, 5) is 15.2. The van der Waals surface area contributed by atoms with E-state index in [9.17, 15) is 4.79 Å². The van der Waals surface area contributed by atoms with Gasteiger partial charge in [0.2, 0.25) is 0 Å². The van der Waals surface area contributed by atoms with Crippen molar-refractivity contribution >= 4 is 24.4 Å². The van der Waals surface area contributed by atoms with E-state index in [4.69, 9.17) is 14.4 Å². The van der Waals surface area contributed by atoms with Crippen molar-refractivity contribution in [3.8, 4) is 0 Å². The molecule has 1 aliphatic heterocycles. The summed E-state index contributed by atoms with van der Waals surface area (Å²) in [6, 6.07) is 1.77. The number of aliphatic carboxylic acids is 1. The summed E-state index contributed by atoms with van der Waals surface area (Å²) < 4.78 is 11.9. The first-order valence-corrected chi connectivity index (χ1v) is 6.90. The van der Waals surface area contributed by atoms with Crippen molar-refractivity contribution < 1.29 is 19.2 Å². The SMILES string of the molecule is CNc1ncc(B2OC(C)(C)C(C)(C)O2)cc1CC(=O)O. The topological polar surface area (TPSA) is 80.7 Å². The summed E-state index contributed by atoms with van der Waals surface area (Å²) in [5.41, 5.74) is 0.458. The quantitative estimate of drug-likeness (QED) is 0.807. The molecule has 0 saturated carbocycles. The molecule has 0 spiro atoms. The van der Waals surface area contributed by atoms with Crippen LogP contribution in [-0.2, 0) is 20.5 Å². The highest BCUT2D eigenvalue weighted by molar-refractivity contribution is 6.62. The molecule has 1 aromatic heterocycles. The molecule has 1 aromatic rings. The zero-order chi connectivity index (χ0) is 15.8. The molecule has 21 heavy (non-hydrogen) atoms. The Bertz CT molecular complexity index is 544. The molecule has 0 amide bonds. The number of aromatic nitrogens is 1. The van der Waals surface area contributed by atoms with Gasteiger partial charge in [-0.1, -0.05) is 6.07 Å². The highest BCUT2D eigenvalue weighted by atomic mass is 16.7. The van der Waals surface area contributed by atoms with Crippen LogP contribution < -0.4 is 10.8 Å². The van der Waals surface area contributed by atoms with Crippen LogP contribution in [0.15, 0.2) is 12.3 Å². The first-order valence-electron chi connectivity index (χ1n) is 6.90. The number of nitrogens with one attached hydrogen (secondary N) is 1. The van der Waals surface area contributed by atoms with E-state index < -0.39 is 24.3 Å². The van der Waals surface area contributed by atoms with Gasteiger partial charge in [0.25, 0.3) is 0 Å². The Labute approximate surface area is 125 Å². The summed E-state index contributed by atoms with van der Waals surface area (Å²) in [5.74, 6) is -0.350. The second-order valence-electron chi connectivity index (χ2n) is 6.19. The van der Waals surface area contributed by atoms with Gasteiger partial charge in [-0.25, -0.2) is 4.98 Å². The van der Waals surface area contributed by atoms with E-state index in [1.165, 1.54) is 0 Å². The summed E-state index contributed by atoms with van der Waals surface area (Å²) in [6.07, 6.45) is 1.55. The molecule has 2 rings (SSSR count). The van der Waals surface area contributed by atoms with Crippen LogP contribution in [0, 0.1) is 0 Å². The molecule has 1 aliphatic rings. The third kappa shape index (κ3) is 3.03. The number of hydrogen-bond donors (Lipinski definition) is 2. The Morgan fingerprint density at radius 2 is 1.90 bits per heavy atom. The average molecular weight is 292 g/mol. The molecule has 0 atom stereocenters. The van der Waals surface area contributed by atoms with Crippen molar-refractivity contribution in [3.63, 3.8) is 0 Å². The van der Waals surface area contributed by atoms with Gasteiger partial charge in [-0.15, -0.1) is 0 Å². The zero-order valence-corrected chi connectivity index (χ0v) is 13.1. The molecule has 7 heteroatoms. The van der Waals surface area contributed by atoms with Crippen LogP contribution in [0.2, 0.25) is 0 Å². The van der Waals surface area contributed by atoms with Gasteiger partial charge < -0.3 is 19.7 Å². The first kappa shape index (κ1) is 15.8. The van der Waals surface area contributed by atoms with Crippen molar-refractivity contribution in [1.82, 2.24) is 4.98 Å². The lowest BCUT2D eigenvalue weighted by Gasteiger charge is -2.32. The second kappa shape index (κ2) is 5.31. The monoisotopic (exact) mass is 292 g/mol. The molecular formula is C14H21BN2O4. The van der Waals surface area contributed by atoms with Gasteiger partial charge in [0, 0.05) is 24.3 Å². The fourth-order valence-corrected chi connectivity index (χ4v) is 2.16. The van der Waals surface area contributed by atoms with E-state index in [-0.39, 0.29) is 6.42 Å². The summed E-state index contributed by atoms with van der Waals surface area (Å²) >= 11 is 0. The molecular weight excluding hydrogens is 271 g/mol. The molecule has 1 fully saturated rings. The number of hydrogen-bond acceptors (Lipinski definition) is 5. The van der Waals surface area contributed by atoms with Crippen molar-refractivity contribution in [2.75, 3.05) is 12.4 Å². The number of carbonyl (C=O) groups is 1. The first-order chi connectivity index (χ1) is 9.66. The molecule has 114 valence electrons. The van der Waals surface area contributed by atoms with Crippen molar-refractivity contribution in [1.29, 1.82) is 0 Å². The maximum atomic E-state index is 11.0. The Balaban J connectivity index is 2.32. The maximum absolute atomic E-state index is 11.0. The Morgan fingerprint density at radius 1 is 1.33 bits per heavy atom. The van der Waals surface area contributed by atoms with Crippen molar-refractivity contribution in [3.05, 3.63) is 17.8 Å². The summed E-state index contributed by atoms with van der Waals surface area (Å²) in [6.45, 7) is 7.89. The number of pyridine rings is 1. The van der Waals surface area contributed by atoms with Gasteiger partial charge in [-0.3, -0.25) is 4.79 Å². The van der Waals surface area contributed by atoms with Crippen molar-refractivity contribution in [2.24, 2.45) is 0 Å². The lowest BCUT2D eigenvalue weighted by molar-refractivity contribution is -0.136. The summed E-state index contributed by atoms with van der Waals surface area (Å²) in [7, 11) is 1.17. The lowest BCUT2D eigenvalue weighted by Crippen LogP contribution is -2.41. The van der Waals surface area contributed by atoms with E-state index in [1.54, 1.807) is 19.3 Å². The minimum Gasteiger partial charge on any atom is -0.481 e. The van der Waals surface area contributed by atoms with Gasteiger partial charge in [-0.2, -0.15) is 0 Å². The molecule has 0 aliphatic carbocycles. The van der Waals surface area contributed by atoms with E-state index in [1.807, 2.05) is 27.7 Å². The highest BCUT2D eigenvalue weighted by Crippen LogP contribution is 2.36. The molecule has 1 saturated heterocycles. The largest absolute Gasteiger partial charge is 0.496 e. The number of nitrogens with zero attached hydrogens (tertiary/aromatic N) is 1. The maximum Gasteiger partial charge on any atom is 0.496 e. The van der Waals surface area contributed by atoms with Gasteiger partial charge >= 0.3 is 13.1 Å². The normalized spacial score (nSPS) is 19.6. The third-order valence-electron chi connectivity index (χ3n) is 4.09. The third-order valence-corrected chi connectivity index (χ3v) is 4.09. The number of carboxylic acid groups (broad SMARTS) is 1. The highest BCUT2D eigenvalue weighted by Gasteiger charge is 2.51. The Morgan fingerprint density at radius 3 is 2.38 bits per heavy atom. The van der Waals surface area contributed by atoms with Crippen molar-refractivity contribution in [2.45, 2.75) is 45.3 Å². The molecule has 0 bridgehead atoms. The smallest absolute Gasteiger partial charge is 0.481 e. The van der Waals surface area contributed by atoms with Gasteiger partial charge in [-0.05, 0) is 27.7 Å². The standard InChI is InChI=1S/C14H21BN2O4/c1-13(2)14(3,4)21-15(20-13)10-6-9(7-11(18)19)12(16-5)17-8-10/h6,8H,7H2,1-5H3,(H,16,17)(H,18,19). The number of anilines is 1. The van der Waals surface area contributed by atoms with Crippen LogP contribution in [0.25, 0.3) is 0 Å². The molecule has 0 radical (unpaired) electrons. The lowest BCUT2D eigenvalue weighted by atomic mass is 9.79. The zero-order valence-electron chi connectivity index (χ0n) is 13.1. The molecule has 2 heterocycles. The van der Waals surface area contributed by atoms with E-state index in [0.29, 0.717) is 11.4 Å². The second-order valence-corrected chi connectivity index (χ2v) is 6.19. The predicted octanol–water partition coefficient (Wildman–Crippen LogP) is 1.05. The molecule has 0 aromatic carbocycles. The number of carboxylic acids is 1. The van der Waals surface area contributed by atoms with Crippen LogP contribution in [-0.4, -0.2) is 41.4 Å². The van der Waals surface area contributed by atoms with Crippen LogP contribution in [0.5, 0.6) is 0 Å². The van der Waals surface area contributed by atoms with E-state index in [0.717, 1.165) is 5.46 Å². The van der Waals surface area contributed by atoms with Gasteiger partial charge in [0.1, 0.15) is 5.82 Å². The molecule has 0 unspecified atom stereocenters. The summed E-state index contributed by atoms with van der Waals surface area (Å²) in [5, 5.41) is 11.9. The van der Waals surface area contributed by atoms with Gasteiger partial charge in [0.05, 0.1) is 17.6 Å². The molecule has 6 nitrogen and oxygen atoms in total. The van der Waals surface area contributed by atoms with Crippen LogP contribution in [0.3, 0.4) is 0 Å². The van der Waals surface area contributed by atoms with Crippen LogP contribution >= 0.6 is 0 Å². The minimum atomic E-state index is -0.903. The Kier molecular flexibility index (Phi) is 3.99.